The minimum absolute atomic E-state index is 0.0104. The summed E-state index contributed by atoms with van der Waals surface area (Å²) in [5.41, 5.74) is 0.412. The Morgan fingerprint density at radius 1 is 1.23 bits per heavy atom. The molecule has 160 valence electrons. The predicted molar refractivity (Wildman–Crippen MR) is 112 cm³/mol. The Bertz CT molecular complexity index is 1090. The number of aliphatic hydroxyl groups excluding tert-OH is 1. The molecule has 3 heterocycles. The number of ether oxygens (including phenoxy) is 1. The highest BCUT2D eigenvalue weighted by atomic mass is 16.5. The molecule has 0 bridgehead atoms. The molecule has 0 spiro atoms. The number of aromatic nitrogens is 2. The number of ketones is 1. The molecule has 2 aromatic heterocycles. The average Bonchev–Trinajstić information content (AvgIpc) is 3.52. The van der Waals surface area contributed by atoms with Gasteiger partial charge in [0.25, 0.3) is 11.7 Å². The minimum atomic E-state index is -0.798. The summed E-state index contributed by atoms with van der Waals surface area (Å²) in [6.45, 7) is 3.30. The monoisotopic (exact) mass is 421 g/mol. The lowest BCUT2D eigenvalue weighted by Gasteiger charge is -2.23. The molecular formula is C23H23N3O5. The molecule has 1 aliphatic rings. The molecule has 31 heavy (non-hydrogen) atoms. The summed E-state index contributed by atoms with van der Waals surface area (Å²) in [7, 11) is 0. The van der Waals surface area contributed by atoms with Crippen LogP contribution in [0.5, 0.6) is 5.75 Å². The number of hydrogen-bond acceptors (Lipinski definition) is 6. The van der Waals surface area contributed by atoms with Crippen LogP contribution in [0.15, 0.2) is 71.4 Å². The van der Waals surface area contributed by atoms with Crippen molar-refractivity contribution in [1.82, 2.24) is 14.5 Å². The van der Waals surface area contributed by atoms with Gasteiger partial charge in [-0.25, -0.2) is 4.98 Å². The van der Waals surface area contributed by atoms with Gasteiger partial charge in [0, 0.05) is 31.0 Å². The first-order valence-corrected chi connectivity index (χ1v) is 10.1. The molecule has 8 heteroatoms. The van der Waals surface area contributed by atoms with Gasteiger partial charge in [-0.3, -0.25) is 9.59 Å². The molecule has 0 saturated carbocycles. The van der Waals surface area contributed by atoms with E-state index in [0.29, 0.717) is 43.2 Å². The zero-order chi connectivity index (χ0) is 21.8. The van der Waals surface area contributed by atoms with Gasteiger partial charge in [0.1, 0.15) is 23.3 Å². The number of amides is 1. The van der Waals surface area contributed by atoms with Crippen molar-refractivity contribution in [2.75, 3.05) is 13.2 Å². The summed E-state index contributed by atoms with van der Waals surface area (Å²) < 4.78 is 12.9. The number of furan rings is 1. The Morgan fingerprint density at radius 3 is 2.81 bits per heavy atom. The zero-order valence-electron chi connectivity index (χ0n) is 17.1. The van der Waals surface area contributed by atoms with Crippen molar-refractivity contribution in [3.8, 4) is 5.75 Å². The van der Waals surface area contributed by atoms with Gasteiger partial charge in [0.05, 0.1) is 24.8 Å². The molecule has 0 aliphatic carbocycles. The average molecular weight is 421 g/mol. The molecule has 8 nitrogen and oxygen atoms in total. The van der Waals surface area contributed by atoms with Gasteiger partial charge >= 0.3 is 0 Å². The van der Waals surface area contributed by atoms with Crippen molar-refractivity contribution in [3.63, 3.8) is 0 Å². The summed E-state index contributed by atoms with van der Waals surface area (Å²) in [5.74, 6) is -0.656. The molecule has 0 radical (unpaired) electrons. The van der Waals surface area contributed by atoms with Crippen molar-refractivity contribution >= 4 is 17.4 Å². The predicted octanol–water partition coefficient (Wildman–Crippen LogP) is 3.39. The Hall–Kier alpha value is -3.81. The molecule has 1 fully saturated rings. The van der Waals surface area contributed by atoms with Crippen LogP contribution in [0, 0.1) is 0 Å². The van der Waals surface area contributed by atoms with Crippen LogP contribution in [0.25, 0.3) is 5.76 Å². The van der Waals surface area contributed by atoms with E-state index in [0.717, 1.165) is 0 Å². The van der Waals surface area contributed by atoms with E-state index < -0.39 is 17.7 Å². The third-order valence-corrected chi connectivity index (χ3v) is 5.15. The van der Waals surface area contributed by atoms with Crippen LogP contribution in [0.3, 0.4) is 0 Å². The number of likely N-dealkylation sites (tertiary alicyclic amines) is 1. The van der Waals surface area contributed by atoms with E-state index in [1.165, 1.54) is 11.2 Å². The summed E-state index contributed by atoms with van der Waals surface area (Å²) >= 11 is 0. The van der Waals surface area contributed by atoms with Gasteiger partial charge in [0.2, 0.25) is 0 Å². The smallest absolute Gasteiger partial charge is 0.295 e. The number of aliphatic hydroxyl groups is 1. The van der Waals surface area contributed by atoms with E-state index in [4.69, 9.17) is 9.15 Å². The number of aryl methyl sites for hydroxylation is 1. The highest BCUT2D eigenvalue weighted by Gasteiger charge is 2.47. The first kappa shape index (κ1) is 20.5. The Labute approximate surface area is 179 Å². The van der Waals surface area contributed by atoms with Gasteiger partial charge < -0.3 is 23.7 Å². The standard InChI is InChI=1S/C23H23N3O5/c1-2-30-17-7-3-6-16(14-17)21(27)19-20(18-8-4-13-31-18)26(23(29)22(19)28)11-5-10-25-12-9-24-15-25/h3-4,6-9,12-15,20,27H,2,5,10-11H2,1H3/b21-19+. The number of nitrogens with zero attached hydrogens (tertiary/aromatic N) is 3. The second-order valence-corrected chi connectivity index (χ2v) is 7.12. The van der Waals surface area contributed by atoms with E-state index in [2.05, 4.69) is 4.98 Å². The highest BCUT2D eigenvalue weighted by Crippen LogP contribution is 2.39. The number of benzene rings is 1. The SMILES string of the molecule is CCOc1cccc(/C(O)=C2\C(=O)C(=O)N(CCCn3ccnc3)C2c2ccco2)c1. The number of hydrogen-bond donors (Lipinski definition) is 1. The van der Waals surface area contributed by atoms with Crippen LogP contribution in [-0.2, 0) is 16.1 Å². The molecule has 1 unspecified atom stereocenters. The topological polar surface area (TPSA) is 97.8 Å². The van der Waals surface area contributed by atoms with Gasteiger partial charge in [-0.1, -0.05) is 12.1 Å². The molecule has 1 amide bonds. The van der Waals surface area contributed by atoms with Gasteiger partial charge in [-0.05, 0) is 37.6 Å². The number of carbonyl (C=O) groups is 2. The van der Waals surface area contributed by atoms with E-state index in [1.807, 2.05) is 17.7 Å². The van der Waals surface area contributed by atoms with Crippen molar-refractivity contribution < 1.29 is 23.8 Å². The summed E-state index contributed by atoms with van der Waals surface area (Å²) in [4.78, 5) is 31.3. The lowest BCUT2D eigenvalue weighted by Crippen LogP contribution is -2.31. The third kappa shape index (κ3) is 4.09. The Morgan fingerprint density at radius 2 is 2.10 bits per heavy atom. The molecule has 1 aromatic carbocycles. The maximum Gasteiger partial charge on any atom is 0.295 e. The lowest BCUT2D eigenvalue weighted by molar-refractivity contribution is -0.140. The van der Waals surface area contributed by atoms with Gasteiger partial charge in [-0.2, -0.15) is 0 Å². The van der Waals surface area contributed by atoms with E-state index in [-0.39, 0.29) is 11.3 Å². The van der Waals surface area contributed by atoms with E-state index >= 15 is 0 Å². The number of rotatable bonds is 8. The van der Waals surface area contributed by atoms with Crippen LogP contribution in [-0.4, -0.2) is 44.4 Å². The van der Waals surface area contributed by atoms with Crippen molar-refractivity contribution in [2.45, 2.75) is 25.9 Å². The molecule has 3 aromatic rings. The number of imidazole rings is 1. The third-order valence-electron chi connectivity index (χ3n) is 5.15. The molecule has 4 rings (SSSR count). The first-order valence-electron chi connectivity index (χ1n) is 10.1. The van der Waals surface area contributed by atoms with Crippen LogP contribution in [0.4, 0.5) is 0 Å². The van der Waals surface area contributed by atoms with Gasteiger partial charge in [-0.15, -0.1) is 0 Å². The first-order chi connectivity index (χ1) is 15.1. The van der Waals surface area contributed by atoms with Gasteiger partial charge in [0.15, 0.2) is 0 Å². The second kappa shape index (κ2) is 8.91. The largest absolute Gasteiger partial charge is 0.507 e. The van der Waals surface area contributed by atoms with Crippen LogP contribution >= 0.6 is 0 Å². The molecule has 1 aliphatic heterocycles. The number of carbonyl (C=O) groups excluding carboxylic acids is 2. The number of Topliss-reactive ketones (excluding diaryl/α,β-unsaturated/α-hetero) is 1. The molecular weight excluding hydrogens is 398 g/mol. The second-order valence-electron chi connectivity index (χ2n) is 7.12. The van der Waals surface area contributed by atoms with Crippen LogP contribution in [0.1, 0.15) is 30.7 Å². The molecule has 1 saturated heterocycles. The minimum Gasteiger partial charge on any atom is -0.507 e. The van der Waals surface area contributed by atoms with Crippen LogP contribution in [0.2, 0.25) is 0 Å². The fraction of sp³-hybridized carbons (Fsp3) is 0.261. The van der Waals surface area contributed by atoms with E-state index in [1.54, 1.807) is 48.9 Å². The maximum absolute atomic E-state index is 12.9. The Kier molecular flexibility index (Phi) is 5.88. The molecule has 1 N–H and O–H groups in total. The maximum atomic E-state index is 12.9. The Balaban J connectivity index is 1.68. The summed E-state index contributed by atoms with van der Waals surface area (Å²) in [6.07, 6.45) is 7.32. The van der Waals surface area contributed by atoms with Crippen LogP contribution < -0.4 is 4.74 Å². The quantitative estimate of drug-likeness (QED) is 0.340. The highest BCUT2D eigenvalue weighted by molar-refractivity contribution is 6.46. The summed E-state index contributed by atoms with van der Waals surface area (Å²) in [6, 6.07) is 9.39. The fourth-order valence-corrected chi connectivity index (χ4v) is 3.75. The fourth-order valence-electron chi connectivity index (χ4n) is 3.75. The van der Waals surface area contributed by atoms with Crippen molar-refractivity contribution in [1.29, 1.82) is 0 Å². The summed E-state index contributed by atoms with van der Waals surface area (Å²) in [5, 5.41) is 11.0. The van der Waals surface area contributed by atoms with Crippen molar-refractivity contribution in [2.24, 2.45) is 0 Å². The normalized spacial score (nSPS) is 18.0. The molecule has 1 atom stereocenters. The van der Waals surface area contributed by atoms with Crippen molar-refractivity contribution in [3.05, 3.63) is 78.3 Å². The van der Waals surface area contributed by atoms with E-state index in [9.17, 15) is 14.7 Å². The lowest BCUT2D eigenvalue weighted by atomic mass is 9.99. The zero-order valence-corrected chi connectivity index (χ0v) is 17.1.